The Morgan fingerprint density at radius 2 is 1.73 bits per heavy atom. The van der Waals surface area contributed by atoms with E-state index in [0.717, 1.165) is 23.4 Å². The number of carbonyl (C=O) groups is 1. The van der Waals surface area contributed by atoms with E-state index in [0.29, 0.717) is 13.0 Å². The second-order valence-corrected chi connectivity index (χ2v) is 5.50. The van der Waals surface area contributed by atoms with Crippen molar-refractivity contribution in [3.8, 4) is 0 Å². The van der Waals surface area contributed by atoms with Gasteiger partial charge < -0.3 is 10.6 Å². The van der Waals surface area contributed by atoms with E-state index < -0.39 is 0 Å². The summed E-state index contributed by atoms with van der Waals surface area (Å²) in [6, 6.07) is 14.2. The molecule has 0 spiro atoms. The van der Waals surface area contributed by atoms with Crippen LogP contribution in [0.15, 0.2) is 42.5 Å². The van der Waals surface area contributed by atoms with Crippen LogP contribution in [0.25, 0.3) is 0 Å². The number of aryl methyl sites for hydroxylation is 3. The summed E-state index contributed by atoms with van der Waals surface area (Å²) < 4.78 is 0. The average Bonchev–Trinajstić information content (AvgIpc) is 2.51. The zero-order valence-corrected chi connectivity index (χ0v) is 13.6. The van der Waals surface area contributed by atoms with E-state index in [1.165, 1.54) is 11.1 Å². The molecule has 116 valence electrons. The van der Waals surface area contributed by atoms with Crippen LogP contribution < -0.4 is 10.6 Å². The zero-order valence-electron chi connectivity index (χ0n) is 13.6. The molecule has 0 atom stereocenters. The molecule has 0 heterocycles. The van der Waals surface area contributed by atoms with E-state index in [4.69, 9.17) is 0 Å². The molecular formula is C19H24N2O. The Kier molecular flexibility index (Phi) is 5.59. The van der Waals surface area contributed by atoms with E-state index in [9.17, 15) is 4.79 Å². The van der Waals surface area contributed by atoms with Crippen LogP contribution in [0.4, 0.5) is 11.4 Å². The van der Waals surface area contributed by atoms with E-state index >= 15 is 0 Å². The van der Waals surface area contributed by atoms with Crippen molar-refractivity contribution in [2.45, 2.75) is 33.6 Å². The predicted molar refractivity (Wildman–Crippen MR) is 93.5 cm³/mol. The summed E-state index contributed by atoms with van der Waals surface area (Å²) in [5, 5.41) is 6.36. The van der Waals surface area contributed by atoms with E-state index in [1.54, 1.807) is 0 Å². The summed E-state index contributed by atoms with van der Waals surface area (Å²) in [7, 11) is 0. The Morgan fingerprint density at radius 3 is 2.45 bits per heavy atom. The number of anilines is 2. The molecule has 0 saturated carbocycles. The fourth-order valence-electron chi connectivity index (χ4n) is 2.49. The number of rotatable bonds is 6. The van der Waals surface area contributed by atoms with Gasteiger partial charge in [0.15, 0.2) is 0 Å². The molecule has 0 saturated heterocycles. The third kappa shape index (κ3) is 4.10. The molecule has 0 aliphatic rings. The Balaban J connectivity index is 1.90. The van der Waals surface area contributed by atoms with Crippen LogP contribution in [0.2, 0.25) is 0 Å². The molecule has 0 aliphatic heterocycles. The van der Waals surface area contributed by atoms with E-state index in [1.807, 2.05) is 37.3 Å². The first-order chi connectivity index (χ1) is 10.6. The van der Waals surface area contributed by atoms with Crippen molar-refractivity contribution >= 4 is 17.3 Å². The van der Waals surface area contributed by atoms with Crippen molar-refractivity contribution in [2.75, 3.05) is 17.2 Å². The van der Waals surface area contributed by atoms with Gasteiger partial charge in [-0.3, -0.25) is 4.79 Å². The summed E-state index contributed by atoms with van der Waals surface area (Å²) >= 11 is 0. The summed E-state index contributed by atoms with van der Waals surface area (Å²) in [6.07, 6.45) is 1.37. The molecule has 0 bridgehead atoms. The van der Waals surface area contributed by atoms with Gasteiger partial charge in [0.2, 0.25) is 5.91 Å². The summed E-state index contributed by atoms with van der Waals surface area (Å²) in [5.41, 5.74) is 5.53. The lowest BCUT2D eigenvalue weighted by molar-refractivity contribution is -0.115. The number of nitrogens with one attached hydrogen (secondary N) is 2. The molecule has 3 heteroatoms. The molecule has 3 nitrogen and oxygen atoms in total. The number of hydrogen-bond acceptors (Lipinski definition) is 2. The molecule has 0 unspecified atom stereocenters. The molecule has 0 radical (unpaired) electrons. The highest BCUT2D eigenvalue weighted by Crippen LogP contribution is 2.21. The molecule has 2 aromatic carbocycles. The van der Waals surface area contributed by atoms with Crippen LogP contribution in [0.3, 0.4) is 0 Å². The van der Waals surface area contributed by atoms with Crippen LogP contribution in [-0.2, 0) is 11.2 Å². The Hall–Kier alpha value is -2.29. The lowest BCUT2D eigenvalue weighted by Gasteiger charge is -2.13. The quantitative estimate of drug-likeness (QED) is 0.834. The first kappa shape index (κ1) is 16.1. The van der Waals surface area contributed by atoms with Gasteiger partial charge in [0, 0.05) is 24.3 Å². The number of carbonyl (C=O) groups excluding carboxylic acids is 1. The number of benzene rings is 2. The fraction of sp³-hybridized carbons (Fsp3) is 0.316. The smallest absolute Gasteiger partial charge is 0.226 e. The van der Waals surface area contributed by atoms with Crippen molar-refractivity contribution in [1.82, 2.24) is 0 Å². The predicted octanol–water partition coefficient (Wildman–Crippen LogP) is 4.31. The van der Waals surface area contributed by atoms with Gasteiger partial charge in [-0.15, -0.1) is 0 Å². The van der Waals surface area contributed by atoms with Gasteiger partial charge in [-0.05, 0) is 43.0 Å². The third-order valence-electron chi connectivity index (χ3n) is 3.82. The summed E-state index contributed by atoms with van der Waals surface area (Å²) in [4.78, 5) is 12.2. The monoisotopic (exact) mass is 296 g/mol. The van der Waals surface area contributed by atoms with Gasteiger partial charge in [0.1, 0.15) is 0 Å². The van der Waals surface area contributed by atoms with Gasteiger partial charge in [-0.25, -0.2) is 0 Å². The summed E-state index contributed by atoms with van der Waals surface area (Å²) in [6.45, 7) is 6.82. The van der Waals surface area contributed by atoms with Crippen molar-refractivity contribution in [2.24, 2.45) is 0 Å². The average molecular weight is 296 g/mol. The van der Waals surface area contributed by atoms with Crippen LogP contribution in [0.1, 0.15) is 30.0 Å². The second-order valence-electron chi connectivity index (χ2n) is 5.50. The minimum atomic E-state index is 0.0464. The molecule has 22 heavy (non-hydrogen) atoms. The number of amides is 1. The van der Waals surface area contributed by atoms with Crippen LogP contribution in [0, 0.1) is 13.8 Å². The Bertz CT molecular complexity index is 650. The highest BCUT2D eigenvalue weighted by atomic mass is 16.1. The molecule has 0 aliphatic carbocycles. The van der Waals surface area contributed by atoms with Crippen molar-refractivity contribution in [3.63, 3.8) is 0 Å². The first-order valence-electron chi connectivity index (χ1n) is 7.79. The van der Waals surface area contributed by atoms with Crippen LogP contribution in [0.5, 0.6) is 0 Å². The van der Waals surface area contributed by atoms with Crippen molar-refractivity contribution in [1.29, 1.82) is 0 Å². The van der Waals surface area contributed by atoms with Gasteiger partial charge in [0.05, 0.1) is 0 Å². The standard InChI is InChI=1S/C19H24N2O/c1-4-16-10-7-9-15(3)19(16)21-18(22)12-13-20-17-11-6-5-8-14(17)2/h5-11,20H,4,12-13H2,1-3H3,(H,21,22). The Morgan fingerprint density at radius 1 is 1.00 bits per heavy atom. The normalized spacial score (nSPS) is 10.3. The van der Waals surface area contributed by atoms with Crippen molar-refractivity contribution in [3.05, 3.63) is 59.2 Å². The highest BCUT2D eigenvalue weighted by molar-refractivity contribution is 5.92. The molecule has 2 N–H and O–H groups in total. The largest absolute Gasteiger partial charge is 0.384 e. The minimum absolute atomic E-state index is 0.0464. The van der Waals surface area contributed by atoms with Gasteiger partial charge in [0.25, 0.3) is 0 Å². The minimum Gasteiger partial charge on any atom is -0.384 e. The first-order valence-corrected chi connectivity index (χ1v) is 7.79. The Labute approximate surface area is 132 Å². The van der Waals surface area contributed by atoms with Gasteiger partial charge in [-0.2, -0.15) is 0 Å². The molecular weight excluding hydrogens is 272 g/mol. The lowest BCUT2D eigenvalue weighted by atomic mass is 10.1. The van der Waals surface area contributed by atoms with Gasteiger partial charge >= 0.3 is 0 Å². The van der Waals surface area contributed by atoms with E-state index in [2.05, 4.69) is 36.6 Å². The fourth-order valence-corrected chi connectivity index (χ4v) is 2.49. The molecule has 2 aromatic rings. The molecule has 2 rings (SSSR count). The van der Waals surface area contributed by atoms with Crippen molar-refractivity contribution < 1.29 is 4.79 Å². The number of para-hydroxylation sites is 2. The number of hydrogen-bond donors (Lipinski definition) is 2. The highest BCUT2D eigenvalue weighted by Gasteiger charge is 2.08. The maximum Gasteiger partial charge on any atom is 0.226 e. The molecule has 1 amide bonds. The molecule has 0 aromatic heterocycles. The van der Waals surface area contributed by atoms with Gasteiger partial charge in [-0.1, -0.05) is 43.3 Å². The van der Waals surface area contributed by atoms with Crippen LogP contribution >= 0.6 is 0 Å². The topological polar surface area (TPSA) is 41.1 Å². The van der Waals surface area contributed by atoms with Crippen LogP contribution in [-0.4, -0.2) is 12.5 Å². The lowest BCUT2D eigenvalue weighted by Crippen LogP contribution is -2.18. The maximum absolute atomic E-state index is 12.2. The van der Waals surface area contributed by atoms with E-state index in [-0.39, 0.29) is 5.91 Å². The summed E-state index contributed by atoms with van der Waals surface area (Å²) in [5.74, 6) is 0.0464. The maximum atomic E-state index is 12.2. The molecule has 0 fully saturated rings. The third-order valence-corrected chi connectivity index (χ3v) is 3.82. The second kappa shape index (κ2) is 7.64. The zero-order chi connectivity index (χ0) is 15.9. The SMILES string of the molecule is CCc1cccc(C)c1NC(=O)CCNc1ccccc1C.